The Morgan fingerprint density at radius 3 is 2.41 bits per heavy atom. The van der Waals surface area contributed by atoms with Crippen molar-refractivity contribution in [1.29, 1.82) is 0 Å². The van der Waals surface area contributed by atoms with Crippen LogP contribution in [0.1, 0.15) is 10.4 Å². The van der Waals surface area contributed by atoms with Crippen LogP contribution in [0.5, 0.6) is 23.0 Å². The molecule has 0 spiro atoms. The Morgan fingerprint density at radius 2 is 1.78 bits per heavy atom. The van der Waals surface area contributed by atoms with E-state index < -0.39 is 0 Å². The zero-order chi connectivity index (χ0) is 19.1. The lowest BCUT2D eigenvalue weighted by molar-refractivity contribution is 0.112. The summed E-state index contributed by atoms with van der Waals surface area (Å²) in [4.78, 5) is 11.9. The van der Waals surface area contributed by atoms with Crippen LogP contribution in [0.25, 0.3) is 33.1 Å². The molecule has 136 valence electrons. The predicted molar refractivity (Wildman–Crippen MR) is 101 cm³/mol. The molecule has 27 heavy (non-hydrogen) atoms. The van der Waals surface area contributed by atoms with Crippen molar-refractivity contribution in [2.45, 2.75) is 0 Å². The number of ether oxygens (including phenoxy) is 2. The van der Waals surface area contributed by atoms with Gasteiger partial charge in [-0.25, -0.2) is 0 Å². The molecule has 0 atom stereocenters. The Balaban J connectivity index is 2.21. The highest BCUT2D eigenvalue weighted by molar-refractivity contribution is 6.16. The van der Waals surface area contributed by atoms with E-state index in [0.717, 1.165) is 0 Å². The highest BCUT2D eigenvalue weighted by Crippen LogP contribution is 2.49. The van der Waals surface area contributed by atoms with Gasteiger partial charge in [0.1, 0.15) is 11.3 Å². The Bertz CT molecular complexity index is 1170. The molecule has 0 amide bonds. The first kappa shape index (κ1) is 16.8. The Morgan fingerprint density at radius 1 is 1.04 bits per heavy atom. The first-order valence-corrected chi connectivity index (χ1v) is 8.17. The van der Waals surface area contributed by atoms with Crippen molar-refractivity contribution in [2.24, 2.45) is 0 Å². The van der Waals surface area contributed by atoms with Crippen LogP contribution in [0, 0.1) is 0 Å². The van der Waals surface area contributed by atoms with Gasteiger partial charge < -0.3 is 24.1 Å². The van der Waals surface area contributed by atoms with E-state index in [1.807, 2.05) is 30.3 Å². The number of hydrogen-bond acceptors (Lipinski definition) is 6. The van der Waals surface area contributed by atoms with Crippen LogP contribution in [0.3, 0.4) is 0 Å². The monoisotopic (exact) mass is 364 g/mol. The molecule has 0 unspecified atom stereocenters. The molecule has 4 rings (SSSR count). The van der Waals surface area contributed by atoms with E-state index in [4.69, 9.17) is 13.9 Å². The maximum atomic E-state index is 11.9. The van der Waals surface area contributed by atoms with Crippen molar-refractivity contribution in [3.05, 3.63) is 48.0 Å². The summed E-state index contributed by atoms with van der Waals surface area (Å²) in [5.41, 5.74) is 1.85. The largest absolute Gasteiger partial charge is 0.506 e. The molecule has 3 aromatic carbocycles. The summed E-state index contributed by atoms with van der Waals surface area (Å²) < 4.78 is 16.6. The molecule has 4 aromatic rings. The van der Waals surface area contributed by atoms with Crippen LogP contribution in [-0.2, 0) is 0 Å². The lowest BCUT2D eigenvalue weighted by Crippen LogP contribution is -1.95. The molecule has 6 nitrogen and oxygen atoms in total. The number of aromatic hydroxyl groups is 2. The number of furan rings is 1. The van der Waals surface area contributed by atoms with Crippen molar-refractivity contribution in [3.8, 4) is 34.1 Å². The van der Waals surface area contributed by atoms with Gasteiger partial charge in [-0.3, -0.25) is 4.79 Å². The third-order valence-electron chi connectivity index (χ3n) is 4.57. The van der Waals surface area contributed by atoms with Crippen molar-refractivity contribution >= 4 is 28.2 Å². The van der Waals surface area contributed by atoms with Gasteiger partial charge in [-0.1, -0.05) is 30.3 Å². The van der Waals surface area contributed by atoms with E-state index in [1.165, 1.54) is 20.3 Å². The smallest absolute Gasteiger partial charge is 0.181 e. The predicted octanol–water partition coefficient (Wildman–Crippen LogP) is 4.49. The molecular weight excluding hydrogens is 348 g/mol. The van der Waals surface area contributed by atoms with Gasteiger partial charge in [0.2, 0.25) is 0 Å². The van der Waals surface area contributed by atoms with Gasteiger partial charge in [0.05, 0.1) is 25.2 Å². The van der Waals surface area contributed by atoms with Crippen molar-refractivity contribution in [2.75, 3.05) is 14.2 Å². The van der Waals surface area contributed by atoms with Crippen molar-refractivity contribution in [1.82, 2.24) is 0 Å². The molecule has 0 aliphatic rings. The van der Waals surface area contributed by atoms with Gasteiger partial charge in [0.25, 0.3) is 0 Å². The topological polar surface area (TPSA) is 89.1 Å². The molecule has 1 heterocycles. The molecule has 0 radical (unpaired) electrons. The standard InChI is InChI=1S/C21H16O6/c1-25-16-8-12-15(9-14(16)23)27-21-18(12)19(24)13(10-22)17(20(21)26-2)11-6-4-3-5-7-11/h3-10,23-24H,1-2H3. The highest BCUT2D eigenvalue weighted by atomic mass is 16.5. The molecule has 0 aliphatic heterocycles. The van der Waals surface area contributed by atoms with E-state index in [0.29, 0.717) is 39.5 Å². The van der Waals surface area contributed by atoms with Crippen LogP contribution in [-0.4, -0.2) is 30.7 Å². The minimum atomic E-state index is -0.217. The summed E-state index contributed by atoms with van der Waals surface area (Å²) in [6.07, 6.45) is 0.593. The zero-order valence-electron chi connectivity index (χ0n) is 14.6. The molecule has 6 heteroatoms. The molecule has 0 bridgehead atoms. The number of methoxy groups -OCH3 is 2. The van der Waals surface area contributed by atoms with Crippen LogP contribution >= 0.6 is 0 Å². The highest BCUT2D eigenvalue weighted by Gasteiger charge is 2.26. The SMILES string of the molecule is COc1cc2c(cc1O)oc1c(OC)c(-c3ccccc3)c(C=O)c(O)c12. The van der Waals surface area contributed by atoms with Gasteiger partial charge in [-0.15, -0.1) is 0 Å². The number of hydrogen-bond donors (Lipinski definition) is 2. The van der Waals surface area contributed by atoms with Gasteiger partial charge in [0.15, 0.2) is 29.1 Å². The molecule has 1 aromatic heterocycles. The van der Waals surface area contributed by atoms with Gasteiger partial charge >= 0.3 is 0 Å². The normalized spacial score (nSPS) is 11.0. The van der Waals surface area contributed by atoms with Gasteiger partial charge in [-0.05, 0) is 11.6 Å². The second-order valence-corrected chi connectivity index (χ2v) is 5.98. The van der Waals surface area contributed by atoms with E-state index in [9.17, 15) is 15.0 Å². The average molecular weight is 364 g/mol. The van der Waals surface area contributed by atoms with Gasteiger partial charge in [0, 0.05) is 17.0 Å². The number of fused-ring (bicyclic) bond motifs is 3. The molecule has 2 N–H and O–H groups in total. The summed E-state index contributed by atoms with van der Waals surface area (Å²) in [7, 11) is 2.89. The van der Waals surface area contributed by atoms with E-state index in [-0.39, 0.29) is 28.4 Å². The first-order valence-electron chi connectivity index (χ1n) is 8.17. The van der Waals surface area contributed by atoms with Crippen LogP contribution in [0.2, 0.25) is 0 Å². The number of carbonyl (C=O) groups is 1. The molecule has 0 fully saturated rings. The quantitative estimate of drug-likeness (QED) is 0.519. The van der Waals surface area contributed by atoms with Crippen molar-refractivity contribution in [3.63, 3.8) is 0 Å². The minimum Gasteiger partial charge on any atom is -0.506 e. The molecule has 0 saturated carbocycles. The lowest BCUT2D eigenvalue weighted by Gasteiger charge is -2.13. The fourth-order valence-electron chi connectivity index (χ4n) is 3.36. The second-order valence-electron chi connectivity index (χ2n) is 5.98. The summed E-state index contributed by atoms with van der Waals surface area (Å²) in [5.74, 6) is 0.238. The summed E-state index contributed by atoms with van der Waals surface area (Å²) in [6.45, 7) is 0. The first-order chi connectivity index (χ1) is 13.1. The number of rotatable bonds is 4. The van der Waals surface area contributed by atoms with Crippen LogP contribution in [0.15, 0.2) is 46.9 Å². The maximum absolute atomic E-state index is 11.9. The zero-order valence-corrected chi connectivity index (χ0v) is 14.6. The van der Waals surface area contributed by atoms with Crippen molar-refractivity contribution < 1.29 is 28.9 Å². The fourth-order valence-corrected chi connectivity index (χ4v) is 3.36. The third-order valence-corrected chi connectivity index (χ3v) is 4.57. The Hall–Kier alpha value is -3.67. The molecule has 0 saturated heterocycles. The number of aldehydes is 1. The minimum absolute atomic E-state index is 0.0959. The Labute approximate surface area is 154 Å². The van der Waals surface area contributed by atoms with E-state index in [1.54, 1.807) is 6.07 Å². The molecule has 0 aliphatic carbocycles. The van der Waals surface area contributed by atoms with Gasteiger partial charge in [-0.2, -0.15) is 0 Å². The maximum Gasteiger partial charge on any atom is 0.181 e. The van der Waals surface area contributed by atoms with Crippen LogP contribution < -0.4 is 9.47 Å². The molecular formula is C21H16O6. The number of benzene rings is 3. The average Bonchev–Trinajstić information content (AvgIpc) is 3.05. The fraction of sp³-hybridized carbons (Fsp3) is 0.0952. The number of carbonyl (C=O) groups excluding carboxylic acids is 1. The van der Waals surface area contributed by atoms with Crippen LogP contribution in [0.4, 0.5) is 0 Å². The lowest BCUT2D eigenvalue weighted by atomic mass is 9.95. The third kappa shape index (κ3) is 2.38. The van der Waals surface area contributed by atoms with E-state index in [2.05, 4.69) is 0 Å². The second kappa shape index (κ2) is 6.25. The Kier molecular flexibility index (Phi) is 3.88. The number of phenols is 2. The summed E-state index contributed by atoms with van der Waals surface area (Å²) >= 11 is 0. The van der Waals surface area contributed by atoms with E-state index >= 15 is 0 Å². The summed E-state index contributed by atoms with van der Waals surface area (Å²) in [5, 5.41) is 21.7. The number of phenolic OH excluding ortho intramolecular Hbond substituents is 2. The summed E-state index contributed by atoms with van der Waals surface area (Å²) in [6, 6.07) is 12.1.